The Morgan fingerprint density at radius 3 is 2.73 bits per heavy atom. The van der Waals surface area contributed by atoms with Gasteiger partial charge in [-0.2, -0.15) is 0 Å². The van der Waals surface area contributed by atoms with Crippen LogP contribution in [-0.2, 0) is 23.9 Å². The van der Waals surface area contributed by atoms with Crippen molar-refractivity contribution in [3.63, 3.8) is 0 Å². The third kappa shape index (κ3) is 4.61. The lowest BCUT2D eigenvalue weighted by Gasteiger charge is -2.33. The summed E-state index contributed by atoms with van der Waals surface area (Å²) < 4.78 is 11.1. The highest BCUT2D eigenvalue weighted by Crippen LogP contribution is 2.38. The Morgan fingerprint density at radius 2 is 2.12 bits per heavy atom. The molecule has 1 N–H and O–H groups in total. The zero-order valence-corrected chi connectivity index (χ0v) is 15.9. The summed E-state index contributed by atoms with van der Waals surface area (Å²) in [5.41, 5.74) is -1.50. The minimum Gasteiger partial charge on any atom is -0.461 e. The molecule has 2 aliphatic rings. The Labute approximate surface area is 154 Å². The molecule has 1 unspecified atom stereocenters. The Morgan fingerprint density at radius 1 is 1.46 bits per heavy atom. The number of ether oxygens (including phenoxy) is 2. The van der Waals surface area contributed by atoms with Crippen LogP contribution in [0.15, 0.2) is 24.3 Å². The fourth-order valence-electron chi connectivity index (χ4n) is 3.47. The smallest absolute Gasteiger partial charge is 0.334 e. The minimum atomic E-state index is -1.72. The summed E-state index contributed by atoms with van der Waals surface area (Å²) in [6, 6.07) is 0. The van der Waals surface area contributed by atoms with Crippen LogP contribution in [0.4, 0.5) is 0 Å². The molecule has 0 amide bonds. The Bertz CT molecular complexity index is 630. The number of hydrogen-bond donors (Lipinski definition) is 1. The summed E-state index contributed by atoms with van der Waals surface area (Å²) in [6.07, 6.45) is 2.27. The SMILES string of the molecule is C=C1C(=O)O[C@@H]2C[C@@H](C)/C=C/C(=O)[C@](C)(O)CC(OC(=O)CC(C)C)[C@@H]12. The molecule has 1 aliphatic heterocycles. The van der Waals surface area contributed by atoms with Gasteiger partial charge in [-0.1, -0.05) is 33.4 Å². The van der Waals surface area contributed by atoms with Crippen molar-refractivity contribution in [1.29, 1.82) is 0 Å². The van der Waals surface area contributed by atoms with E-state index in [1.165, 1.54) is 13.0 Å². The van der Waals surface area contributed by atoms with Crippen molar-refractivity contribution in [3.05, 3.63) is 24.3 Å². The van der Waals surface area contributed by atoms with Gasteiger partial charge in [0.2, 0.25) is 0 Å². The summed E-state index contributed by atoms with van der Waals surface area (Å²) in [6.45, 7) is 10.9. The van der Waals surface area contributed by atoms with Crippen LogP contribution in [0.2, 0.25) is 0 Å². The molecule has 1 saturated heterocycles. The first-order chi connectivity index (χ1) is 12.0. The van der Waals surface area contributed by atoms with Crippen LogP contribution in [0.25, 0.3) is 0 Å². The van der Waals surface area contributed by atoms with Gasteiger partial charge in [-0.25, -0.2) is 4.79 Å². The van der Waals surface area contributed by atoms with Gasteiger partial charge >= 0.3 is 11.9 Å². The number of esters is 2. The van der Waals surface area contributed by atoms with E-state index in [4.69, 9.17) is 9.47 Å². The van der Waals surface area contributed by atoms with Gasteiger partial charge in [-0.15, -0.1) is 0 Å². The van der Waals surface area contributed by atoms with Crippen molar-refractivity contribution < 1.29 is 29.0 Å². The molecule has 2 rings (SSSR count). The lowest BCUT2D eigenvalue weighted by Crippen LogP contribution is -2.44. The van der Waals surface area contributed by atoms with E-state index in [2.05, 4.69) is 6.58 Å². The lowest BCUT2D eigenvalue weighted by atomic mass is 9.79. The Kier molecular flexibility index (Phi) is 6.06. The number of rotatable bonds is 3. The zero-order chi connectivity index (χ0) is 19.6. The number of ketones is 1. The standard InChI is InChI=1S/C20H28O6/c1-11(2)8-17(22)25-15-10-20(5,24)16(21)7-6-12(3)9-14-18(15)13(4)19(23)26-14/h6-7,11-12,14-15,18,24H,4,8-10H2,1-3,5H3/b7-6+/t12-,14+,15?,18-,20+/m0/s1. The molecule has 6 heteroatoms. The number of fused-ring (bicyclic) bond motifs is 1. The summed E-state index contributed by atoms with van der Waals surface area (Å²) in [5.74, 6) is -1.93. The topological polar surface area (TPSA) is 89.9 Å². The Balaban J connectivity index is 2.39. The normalized spacial score (nSPS) is 36.5. The van der Waals surface area contributed by atoms with Crippen molar-refractivity contribution in [2.45, 2.75) is 64.8 Å². The molecule has 1 fully saturated rings. The van der Waals surface area contributed by atoms with Gasteiger partial charge in [0.05, 0.1) is 5.92 Å². The quantitative estimate of drug-likeness (QED) is 0.611. The van der Waals surface area contributed by atoms with Gasteiger partial charge in [0.1, 0.15) is 17.8 Å². The molecule has 0 aromatic heterocycles. The van der Waals surface area contributed by atoms with Gasteiger partial charge in [0.25, 0.3) is 0 Å². The number of allylic oxidation sites excluding steroid dienone is 1. The fourth-order valence-corrected chi connectivity index (χ4v) is 3.47. The first kappa shape index (κ1) is 20.4. The number of carbonyl (C=O) groups is 3. The second-order valence-corrected chi connectivity index (χ2v) is 8.04. The maximum Gasteiger partial charge on any atom is 0.334 e. The molecule has 0 aromatic rings. The van der Waals surface area contributed by atoms with E-state index < -0.39 is 41.4 Å². The second-order valence-electron chi connectivity index (χ2n) is 8.04. The molecule has 0 spiro atoms. The van der Waals surface area contributed by atoms with Crippen molar-refractivity contribution in [3.8, 4) is 0 Å². The van der Waals surface area contributed by atoms with Crippen LogP contribution in [-0.4, -0.2) is 40.6 Å². The van der Waals surface area contributed by atoms with Crippen molar-refractivity contribution in [2.75, 3.05) is 0 Å². The molecule has 1 heterocycles. The molecular weight excluding hydrogens is 336 g/mol. The summed E-state index contributed by atoms with van der Waals surface area (Å²) in [7, 11) is 0. The molecule has 0 radical (unpaired) electrons. The monoisotopic (exact) mass is 364 g/mol. The van der Waals surface area contributed by atoms with Gasteiger partial charge < -0.3 is 14.6 Å². The van der Waals surface area contributed by atoms with Crippen LogP contribution in [0, 0.1) is 17.8 Å². The summed E-state index contributed by atoms with van der Waals surface area (Å²) >= 11 is 0. The second kappa shape index (κ2) is 7.74. The minimum absolute atomic E-state index is 0.0499. The first-order valence-electron chi connectivity index (χ1n) is 9.05. The average Bonchev–Trinajstić information content (AvgIpc) is 2.76. The van der Waals surface area contributed by atoms with Gasteiger partial charge in [-0.3, -0.25) is 9.59 Å². The van der Waals surface area contributed by atoms with E-state index in [-0.39, 0.29) is 30.3 Å². The van der Waals surface area contributed by atoms with Crippen molar-refractivity contribution in [2.24, 2.45) is 17.8 Å². The van der Waals surface area contributed by atoms with Gasteiger partial charge in [-0.05, 0) is 31.3 Å². The van der Waals surface area contributed by atoms with E-state index >= 15 is 0 Å². The highest BCUT2D eigenvalue weighted by atomic mass is 16.6. The summed E-state index contributed by atoms with van der Waals surface area (Å²) in [5, 5.41) is 10.6. The first-order valence-corrected chi connectivity index (χ1v) is 9.05. The third-order valence-electron chi connectivity index (χ3n) is 4.89. The molecular formula is C20H28O6. The maximum absolute atomic E-state index is 12.3. The van der Waals surface area contributed by atoms with E-state index in [1.54, 1.807) is 6.08 Å². The van der Waals surface area contributed by atoms with Gasteiger partial charge in [0, 0.05) is 18.4 Å². The molecule has 0 saturated carbocycles. The van der Waals surface area contributed by atoms with Crippen LogP contribution in [0.3, 0.4) is 0 Å². The Hall–Kier alpha value is -1.95. The fraction of sp³-hybridized carbons (Fsp3) is 0.650. The van der Waals surface area contributed by atoms with Gasteiger partial charge in [0.15, 0.2) is 5.78 Å². The average molecular weight is 364 g/mol. The molecule has 26 heavy (non-hydrogen) atoms. The molecule has 0 aromatic carbocycles. The van der Waals surface area contributed by atoms with E-state index in [0.717, 1.165) is 0 Å². The predicted octanol–water partition coefficient (Wildman–Crippen LogP) is 2.35. The zero-order valence-electron chi connectivity index (χ0n) is 15.9. The highest BCUT2D eigenvalue weighted by molar-refractivity contribution is 5.96. The number of carbonyl (C=O) groups excluding carboxylic acids is 3. The van der Waals surface area contributed by atoms with Crippen LogP contribution in [0.1, 0.15) is 47.0 Å². The molecule has 1 aliphatic carbocycles. The lowest BCUT2D eigenvalue weighted by molar-refractivity contribution is -0.160. The molecule has 5 atom stereocenters. The maximum atomic E-state index is 12.3. The van der Waals surface area contributed by atoms with Crippen molar-refractivity contribution in [1.82, 2.24) is 0 Å². The van der Waals surface area contributed by atoms with E-state index in [9.17, 15) is 19.5 Å². The molecule has 0 bridgehead atoms. The predicted molar refractivity (Wildman–Crippen MR) is 95.0 cm³/mol. The summed E-state index contributed by atoms with van der Waals surface area (Å²) in [4.78, 5) is 36.7. The highest BCUT2D eigenvalue weighted by Gasteiger charge is 2.48. The van der Waals surface area contributed by atoms with Crippen molar-refractivity contribution >= 4 is 17.7 Å². The van der Waals surface area contributed by atoms with Crippen LogP contribution in [0.5, 0.6) is 0 Å². The molecule has 144 valence electrons. The number of aliphatic hydroxyl groups is 1. The third-order valence-corrected chi connectivity index (χ3v) is 4.89. The molecule has 6 nitrogen and oxygen atoms in total. The van der Waals surface area contributed by atoms with Crippen LogP contribution >= 0.6 is 0 Å². The van der Waals surface area contributed by atoms with E-state index in [0.29, 0.717) is 6.42 Å². The van der Waals surface area contributed by atoms with E-state index in [1.807, 2.05) is 20.8 Å². The largest absolute Gasteiger partial charge is 0.461 e. The van der Waals surface area contributed by atoms with Crippen LogP contribution < -0.4 is 0 Å². The number of hydrogen-bond acceptors (Lipinski definition) is 6.